The van der Waals surface area contributed by atoms with E-state index in [2.05, 4.69) is 31.9 Å². The Labute approximate surface area is 139 Å². The van der Waals surface area contributed by atoms with Crippen molar-refractivity contribution in [3.8, 4) is 5.75 Å². The first kappa shape index (κ1) is 14.5. The van der Waals surface area contributed by atoms with Crippen LogP contribution in [0.15, 0.2) is 63.5 Å². The molecule has 21 heavy (non-hydrogen) atoms. The Morgan fingerprint density at radius 3 is 2.57 bits per heavy atom. The molecule has 0 spiro atoms. The van der Waals surface area contributed by atoms with E-state index in [4.69, 9.17) is 4.74 Å². The maximum atomic E-state index is 13.8. The van der Waals surface area contributed by atoms with Gasteiger partial charge in [0.2, 0.25) is 0 Å². The van der Waals surface area contributed by atoms with Crippen molar-refractivity contribution in [2.24, 2.45) is 0 Å². The minimum atomic E-state index is -0.277. The SMILES string of the molecule is Fc1cc(Br)ccc1COc1ccc2ccccc2c1Br. The van der Waals surface area contributed by atoms with Crippen molar-refractivity contribution in [3.63, 3.8) is 0 Å². The molecule has 0 N–H and O–H groups in total. The van der Waals surface area contributed by atoms with E-state index < -0.39 is 0 Å². The summed E-state index contributed by atoms with van der Waals surface area (Å²) in [5, 5.41) is 2.21. The van der Waals surface area contributed by atoms with Gasteiger partial charge in [-0.1, -0.05) is 52.3 Å². The first-order chi connectivity index (χ1) is 10.1. The Balaban J connectivity index is 1.87. The van der Waals surface area contributed by atoms with E-state index in [0.717, 1.165) is 19.7 Å². The fourth-order valence-electron chi connectivity index (χ4n) is 2.12. The summed E-state index contributed by atoms with van der Waals surface area (Å²) in [4.78, 5) is 0. The van der Waals surface area contributed by atoms with Crippen LogP contribution >= 0.6 is 31.9 Å². The molecule has 0 saturated heterocycles. The second kappa shape index (κ2) is 6.16. The molecule has 0 unspecified atom stereocenters. The molecule has 3 rings (SSSR count). The lowest BCUT2D eigenvalue weighted by Crippen LogP contribution is -1.99. The van der Waals surface area contributed by atoms with E-state index >= 15 is 0 Å². The quantitative estimate of drug-likeness (QED) is 0.509. The monoisotopic (exact) mass is 408 g/mol. The highest BCUT2D eigenvalue weighted by Crippen LogP contribution is 2.33. The highest BCUT2D eigenvalue weighted by atomic mass is 79.9. The van der Waals surface area contributed by atoms with Crippen LogP contribution in [0.4, 0.5) is 4.39 Å². The minimum Gasteiger partial charge on any atom is -0.488 e. The van der Waals surface area contributed by atoms with Crippen molar-refractivity contribution in [2.45, 2.75) is 6.61 Å². The average molecular weight is 410 g/mol. The number of fused-ring (bicyclic) bond motifs is 1. The molecule has 0 aromatic heterocycles. The largest absolute Gasteiger partial charge is 0.488 e. The lowest BCUT2D eigenvalue weighted by atomic mass is 10.1. The van der Waals surface area contributed by atoms with Gasteiger partial charge in [0, 0.05) is 10.0 Å². The molecule has 0 bridgehead atoms. The van der Waals surface area contributed by atoms with Gasteiger partial charge in [-0.25, -0.2) is 4.39 Å². The van der Waals surface area contributed by atoms with Gasteiger partial charge in [-0.2, -0.15) is 0 Å². The summed E-state index contributed by atoms with van der Waals surface area (Å²) in [5.74, 6) is 0.428. The third-order valence-electron chi connectivity index (χ3n) is 3.23. The highest BCUT2D eigenvalue weighted by Gasteiger charge is 2.08. The summed E-state index contributed by atoms with van der Waals surface area (Å²) >= 11 is 6.80. The molecule has 3 aromatic rings. The summed E-state index contributed by atoms with van der Waals surface area (Å²) in [6.07, 6.45) is 0. The Kier molecular flexibility index (Phi) is 4.27. The molecule has 1 nitrogen and oxygen atoms in total. The van der Waals surface area contributed by atoms with Gasteiger partial charge in [0.1, 0.15) is 18.2 Å². The lowest BCUT2D eigenvalue weighted by molar-refractivity contribution is 0.298. The Morgan fingerprint density at radius 1 is 0.952 bits per heavy atom. The normalized spacial score (nSPS) is 10.8. The van der Waals surface area contributed by atoms with E-state index in [-0.39, 0.29) is 12.4 Å². The zero-order chi connectivity index (χ0) is 14.8. The zero-order valence-electron chi connectivity index (χ0n) is 10.9. The van der Waals surface area contributed by atoms with Crippen LogP contribution in [0, 0.1) is 5.82 Å². The van der Waals surface area contributed by atoms with Crippen molar-refractivity contribution in [3.05, 3.63) is 74.9 Å². The first-order valence-electron chi connectivity index (χ1n) is 6.39. The number of halogens is 3. The van der Waals surface area contributed by atoms with E-state index in [0.29, 0.717) is 11.3 Å². The summed E-state index contributed by atoms with van der Waals surface area (Å²) in [6, 6.07) is 16.9. The number of benzene rings is 3. The molecule has 0 heterocycles. The van der Waals surface area contributed by atoms with Crippen LogP contribution in [-0.4, -0.2) is 0 Å². The first-order valence-corrected chi connectivity index (χ1v) is 7.98. The average Bonchev–Trinajstić information content (AvgIpc) is 2.48. The molecule has 0 aliphatic heterocycles. The molecule has 0 atom stereocenters. The van der Waals surface area contributed by atoms with E-state index in [1.807, 2.05) is 36.4 Å². The minimum absolute atomic E-state index is 0.191. The zero-order valence-corrected chi connectivity index (χ0v) is 14.1. The van der Waals surface area contributed by atoms with Crippen molar-refractivity contribution >= 4 is 42.6 Å². The van der Waals surface area contributed by atoms with E-state index in [9.17, 15) is 4.39 Å². The highest BCUT2D eigenvalue weighted by molar-refractivity contribution is 9.11. The van der Waals surface area contributed by atoms with Gasteiger partial charge in [0.15, 0.2) is 0 Å². The molecule has 3 aromatic carbocycles. The Morgan fingerprint density at radius 2 is 1.76 bits per heavy atom. The molecule has 106 valence electrons. The number of ether oxygens (including phenoxy) is 1. The molecule has 0 aliphatic rings. The lowest BCUT2D eigenvalue weighted by Gasteiger charge is -2.11. The van der Waals surface area contributed by atoms with Crippen molar-refractivity contribution in [1.82, 2.24) is 0 Å². The maximum absolute atomic E-state index is 13.8. The van der Waals surface area contributed by atoms with Gasteiger partial charge < -0.3 is 4.74 Å². The molecule has 4 heteroatoms. The molecule has 0 saturated carbocycles. The Bertz CT molecular complexity index is 802. The van der Waals surface area contributed by atoms with Crippen LogP contribution in [0.3, 0.4) is 0 Å². The van der Waals surface area contributed by atoms with Gasteiger partial charge in [-0.05, 0) is 44.9 Å². The van der Waals surface area contributed by atoms with E-state index in [1.165, 1.54) is 6.07 Å². The van der Waals surface area contributed by atoms with Crippen molar-refractivity contribution in [1.29, 1.82) is 0 Å². The molecule has 0 amide bonds. The molecule has 0 fully saturated rings. The predicted molar refractivity (Wildman–Crippen MR) is 90.1 cm³/mol. The second-order valence-corrected chi connectivity index (χ2v) is 6.33. The van der Waals surface area contributed by atoms with Crippen LogP contribution in [0.2, 0.25) is 0 Å². The number of hydrogen-bond acceptors (Lipinski definition) is 1. The van der Waals surface area contributed by atoms with Crippen LogP contribution in [0.5, 0.6) is 5.75 Å². The second-order valence-electron chi connectivity index (χ2n) is 4.62. The molecule has 0 radical (unpaired) electrons. The van der Waals surface area contributed by atoms with Crippen LogP contribution in [0.1, 0.15) is 5.56 Å². The predicted octanol–water partition coefficient (Wildman–Crippen LogP) is 6.08. The van der Waals surface area contributed by atoms with Gasteiger partial charge in [0.05, 0.1) is 4.47 Å². The summed E-state index contributed by atoms with van der Waals surface area (Å²) in [6.45, 7) is 0.191. The van der Waals surface area contributed by atoms with Crippen molar-refractivity contribution in [2.75, 3.05) is 0 Å². The van der Waals surface area contributed by atoms with E-state index in [1.54, 1.807) is 12.1 Å². The van der Waals surface area contributed by atoms with Crippen LogP contribution in [-0.2, 0) is 6.61 Å². The summed E-state index contributed by atoms with van der Waals surface area (Å²) in [7, 11) is 0. The smallest absolute Gasteiger partial charge is 0.134 e. The fourth-order valence-corrected chi connectivity index (χ4v) is 3.06. The topological polar surface area (TPSA) is 9.23 Å². The summed E-state index contributed by atoms with van der Waals surface area (Å²) < 4.78 is 21.1. The summed E-state index contributed by atoms with van der Waals surface area (Å²) in [5.41, 5.74) is 0.526. The fraction of sp³-hybridized carbons (Fsp3) is 0.0588. The standard InChI is InChI=1S/C17H11Br2FO/c18-13-7-5-12(15(20)9-13)10-21-16-8-6-11-3-1-2-4-14(11)17(16)19/h1-9H,10H2. The number of rotatable bonds is 3. The third kappa shape index (κ3) is 3.11. The van der Waals surface area contributed by atoms with Gasteiger partial charge in [-0.15, -0.1) is 0 Å². The molecular weight excluding hydrogens is 399 g/mol. The van der Waals surface area contributed by atoms with Gasteiger partial charge in [0.25, 0.3) is 0 Å². The molecule has 0 aliphatic carbocycles. The van der Waals surface area contributed by atoms with Crippen molar-refractivity contribution < 1.29 is 9.13 Å². The van der Waals surface area contributed by atoms with Crippen LogP contribution in [0.25, 0.3) is 10.8 Å². The Hall–Kier alpha value is -1.39. The van der Waals surface area contributed by atoms with Crippen LogP contribution < -0.4 is 4.74 Å². The molecular formula is C17H11Br2FO. The van der Waals surface area contributed by atoms with Gasteiger partial charge >= 0.3 is 0 Å². The van der Waals surface area contributed by atoms with Gasteiger partial charge in [-0.3, -0.25) is 0 Å². The maximum Gasteiger partial charge on any atom is 0.134 e. The number of hydrogen-bond donors (Lipinski definition) is 0. The third-order valence-corrected chi connectivity index (χ3v) is 4.54.